The van der Waals surface area contributed by atoms with Gasteiger partial charge in [0.15, 0.2) is 0 Å². The molecule has 6 nitrogen and oxygen atoms in total. The van der Waals surface area contributed by atoms with Crippen molar-refractivity contribution in [1.82, 2.24) is 0 Å². The Morgan fingerprint density at radius 1 is 1.56 bits per heavy atom. The molecule has 0 saturated heterocycles. The number of hydrogen-bond acceptors (Lipinski definition) is 4. The summed E-state index contributed by atoms with van der Waals surface area (Å²) in [4.78, 5) is 20.2. The van der Waals surface area contributed by atoms with Crippen molar-refractivity contribution in [3.8, 4) is 5.75 Å². The van der Waals surface area contributed by atoms with Crippen molar-refractivity contribution < 1.29 is 28.3 Å². The lowest BCUT2D eigenvalue weighted by Gasteiger charge is -2.08. The molecular formula is C9H6ClF2NO5. The number of carboxylic acid groups (broad SMARTS) is 1. The van der Waals surface area contributed by atoms with E-state index >= 15 is 0 Å². The van der Waals surface area contributed by atoms with E-state index in [-0.39, 0.29) is 5.56 Å². The quantitative estimate of drug-likeness (QED) is 0.661. The van der Waals surface area contributed by atoms with Gasteiger partial charge in [-0.2, -0.15) is 8.78 Å². The van der Waals surface area contributed by atoms with E-state index in [1.165, 1.54) is 0 Å². The van der Waals surface area contributed by atoms with Crippen molar-refractivity contribution in [2.45, 2.75) is 13.0 Å². The van der Waals surface area contributed by atoms with Crippen LogP contribution in [-0.2, 0) is 11.2 Å². The number of benzene rings is 1. The number of ether oxygens (including phenoxy) is 1. The van der Waals surface area contributed by atoms with Crippen LogP contribution in [0.4, 0.5) is 14.5 Å². The fourth-order valence-electron chi connectivity index (χ4n) is 1.23. The van der Waals surface area contributed by atoms with Crippen LogP contribution in [0.25, 0.3) is 0 Å². The number of nitro groups is 1. The van der Waals surface area contributed by atoms with Crippen molar-refractivity contribution in [2.24, 2.45) is 0 Å². The average molecular weight is 282 g/mol. The predicted octanol–water partition coefficient (Wildman–Crippen LogP) is 2.48. The molecule has 1 N–H and O–H groups in total. The third-order valence-electron chi connectivity index (χ3n) is 1.87. The predicted molar refractivity (Wildman–Crippen MR) is 56.1 cm³/mol. The van der Waals surface area contributed by atoms with Gasteiger partial charge in [0.05, 0.1) is 17.4 Å². The van der Waals surface area contributed by atoms with Crippen LogP contribution in [-0.4, -0.2) is 22.6 Å². The van der Waals surface area contributed by atoms with Gasteiger partial charge in [-0.15, -0.1) is 0 Å². The largest absolute Gasteiger partial charge is 0.481 e. The molecule has 9 heteroatoms. The fourth-order valence-corrected chi connectivity index (χ4v) is 1.48. The van der Waals surface area contributed by atoms with Gasteiger partial charge in [-0.1, -0.05) is 11.6 Å². The summed E-state index contributed by atoms with van der Waals surface area (Å²) in [5, 5.41) is 18.8. The Labute approximate surface area is 104 Å². The highest BCUT2D eigenvalue weighted by Gasteiger charge is 2.21. The minimum Gasteiger partial charge on any atom is -0.481 e. The van der Waals surface area contributed by atoms with Crippen LogP contribution in [0.5, 0.6) is 5.75 Å². The molecule has 0 heterocycles. The summed E-state index contributed by atoms with van der Waals surface area (Å²) in [6.07, 6.45) is -0.639. The maximum Gasteiger partial charge on any atom is 0.387 e. The van der Waals surface area contributed by atoms with Gasteiger partial charge in [-0.25, -0.2) is 0 Å². The van der Waals surface area contributed by atoms with E-state index in [1.807, 2.05) is 0 Å². The minimum absolute atomic E-state index is 0.172. The summed E-state index contributed by atoms with van der Waals surface area (Å²) >= 11 is 5.61. The summed E-state index contributed by atoms with van der Waals surface area (Å²) in [5.74, 6) is -1.82. The van der Waals surface area contributed by atoms with Crippen LogP contribution >= 0.6 is 11.6 Å². The number of carboxylic acids is 1. The van der Waals surface area contributed by atoms with Crippen molar-refractivity contribution in [2.75, 3.05) is 0 Å². The molecule has 0 fully saturated rings. The van der Waals surface area contributed by atoms with Crippen LogP contribution in [0.3, 0.4) is 0 Å². The Bertz CT molecular complexity index is 494. The summed E-state index contributed by atoms with van der Waals surface area (Å²) in [5.41, 5.74) is -0.861. The Kier molecular flexibility index (Phi) is 4.38. The molecule has 0 atom stereocenters. The van der Waals surface area contributed by atoms with E-state index in [1.54, 1.807) is 0 Å². The SMILES string of the molecule is O=C(O)Cc1cc(OC(F)F)cc([N+](=O)[O-])c1Cl. The van der Waals surface area contributed by atoms with Gasteiger partial charge in [0, 0.05) is 0 Å². The summed E-state index contributed by atoms with van der Waals surface area (Å²) in [6, 6.07) is 1.63. The second kappa shape index (κ2) is 5.58. The molecule has 98 valence electrons. The van der Waals surface area contributed by atoms with E-state index in [0.29, 0.717) is 6.07 Å². The third-order valence-corrected chi connectivity index (χ3v) is 2.30. The highest BCUT2D eigenvalue weighted by molar-refractivity contribution is 6.33. The van der Waals surface area contributed by atoms with Crippen molar-refractivity contribution in [3.05, 3.63) is 32.8 Å². The normalized spacial score (nSPS) is 10.4. The maximum absolute atomic E-state index is 12.0. The smallest absolute Gasteiger partial charge is 0.387 e. The molecule has 0 amide bonds. The Balaban J connectivity index is 3.27. The number of halogens is 3. The number of alkyl halides is 2. The first-order valence-electron chi connectivity index (χ1n) is 4.44. The van der Waals surface area contributed by atoms with Crippen LogP contribution in [0, 0.1) is 10.1 Å². The average Bonchev–Trinajstić information content (AvgIpc) is 2.20. The molecule has 0 aliphatic heterocycles. The second-order valence-corrected chi connectivity index (χ2v) is 3.50. The number of nitro benzene ring substituents is 1. The van der Waals surface area contributed by atoms with E-state index in [0.717, 1.165) is 6.07 Å². The number of hydrogen-bond donors (Lipinski definition) is 1. The molecule has 1 rings (SSSR count). The highest BCUT2D eigenvalue weighted by Crippen LogP contribution is 2.33. The van der Waals surface area contributed by atoms with Gasteiger partial charge in [-0.3, -0.25) is 14.9 Å². The first-order valence-corrected chi connectivity index (χ1v) is 4.82. The lowest BCUT2D eigenvalue weighted by atomic mass is 10.1. The topological polar surface area (TPSA) is 89.7 Å². The molecule has 0 radical (unpaired) electrons. The third kappa shape index (κ3) is 3.52. The van der Waals surface area contributed by atoms with Crippen molar-refractivity contribution in [3.63, 3.8) is 0 Å². The van der Waals surface area contributed by atoms with E-state index in [4.69, 9.17) is 16.7 Å². The van der Waals surface area contributed by atoms with Gasteiger partial charge >= 0.3 is 12.6 Å². The lowest BCUT2D eigenvalue weighted by molar-refractivity contribution is -0.384. The molecule has 18 heavy (non-hydrogen) atoms. The van der Waals surface area contributed by atoms with E-state index < -0.39 is 40.4 Å². The summed E-state index contributed by atoms with van der Waals surface area (Å²) in [7, 11) is 0. The molecule has 0 aliphatic rings. The molecule has 0 aliphatic carbocycles. The lowest BCUT2D eigenvalue weighted by Crippen LogP contribution is -2.06. The highest BCUT2D eigenvalue weighted by atomic mass is 35.5. The van der Waals surface area contributed by atoms with E-state index in [2.05, 4.69) is 4.74 Å². The van der Waals surface area contributed by atoms with Gasteiger partial charge in [0.25, 0.3) is 5.69 Å². The Hall–Kier alpha value is -1.96. The standard InChI is InChI=1S/C9H6ClF2NO5/c10-8-4(2-7(14)15)1-5(18-9(11)12)3-6(8)13(16)17/h1,3,9H,2H2,(H,14,15). The van der Waals surface area contributed by atoms with Gasteiger partial charge in [0.1, 0.15) is 10.8 Å². The van der Waals surface area contributed by atoms with Crippen LogP contribution < -0.4 is 4.74 Å². The second-order valence-electron chi connectivity index (χ2n) is 3.12. The monoisotopic (exact) mass is 281 g/mol. The fraction of sp³-hybridized carbons (Fsp3) is 0.222. The zero-order valence-electron chi connectivity index (χ0n) is 8.60. The first-order chi connectivity index (χ1) is 8.31. The minimum atomic E-state index is -3.18. The molecule has 0 spiro atoms. The van der Waals surface area contributed by atoms with Gasteiger partial charge < -0.3 is 9.84 Å². The Morgan fingerprint density at radius 2 is 2.17 bits per heavy atom. The molecular weight excluding hydrogens is 276 g/mol. The molecule has 0 unspecified atom stereocenters. The van der Waals surface area contributed by atoms with Crippen LogP contribution in [0.15, 0.2) is 12.1 Å². The van der Waals surface area contributed by atoms with Gasteiger partial charge in [-0.05, 0) is 11.6 Å². The molecule has 0 aromatic heterocycles. The number of nitrogens with zero attached hydrogens (tertiary/aromatic N) is 1. The molecule has 1 aromatic carbocycles. The Morgan fingerprint density at radius 3 is 2.61 bits per heavy atom. The summed E-state index contributed by atoms with van der Waals surface area (Å²) in [6.45, 7) is -3.18. The number of aliphatic carboxylic acids is 1. The number of carbonyl (C=O) groups is 1. The zero-order chi connectivity index (χ0) is 13.9. The van der Waals surface area contributed by atoms with Gasteiger partial charge in [0.2, 0.25) is 0 Å². The van der Waals surface area contributed by atoms with Crippen LogP contribution in [0.1, 0.15) is 5.56 Å². The van der Waals surface area contributed by atoms with Crippen molar-refractivity contribution in [1.29, 1.82) is 0 Å². The van der Waals surface area contributed by atoms with E-state index in [9.17, 15) is 23.7 Å². The first kappa shape index (κ1) is 14.1. The molecule has 0 bridgehead atoms. The summed E-state index contributed by atoms with van der Waals surface area (Å²) < 4.78 is 28.0. The van der Waals surface area contributed by atoms with Crippen LogP contribution in [0.2, 0.25) is 5.02 Å². The number of rotatable bonds is 5. The zero-order valence-corrected chi connectivity index (χ0v) is 9.36. The molecule has 0 saturated carbocycles. The maximum atomic E-state index is 12.0. The van der Waals surface area contributed by atoms with Crippen molar-refractivity contribution >= 4 is 23.3 Å². The molecule has 1 aromatic rings.